The van der Waals surface area contributed by atoms with Crippen molar-refractivity contribution in [2.75, 3.05) is 14.2 Å². The maximum absolute atomic E-state index is 12.2. The molecule has 1 aromatic carbocycles. The Balaban J connectivity index is 2.46. The first-order valence-corrected chi connectivity index (χ1v) is 10.2. The Morgan fingerprint density at radius 3 is 2.23 bits per heavy atom. The van der Waals surface area contributed by atoms with Crippen molar-refractivity contribution in [2.24, 2.45) is 5.92 Å². The Hall–Kier alpha value is -2.95. The van der Waals surface area contributed by atoms with E-state index in [0.717, 1.165) is 10.7 Å². The summed E-state index contributed by atoms with van der Waals surface area (Å²) < 4.78 is 27.1. The molecule has 12 nitrogen and oxygen atoms in total. The number of phosphoric ester groups is 1. The SMILES string of the molecule is COc1cc(Cn2nc(C(=O)CC(C)C)cc2[N+](=O)[O-])cc(OC)c1OP(=O)(O)O. The summed E-state index contributed by atoms with van der Waals surface area (Å²) in [5, 5.41) is 15.5. The van der Waals surface area contributed by atoms with E-state index in [1.807, 2.05) is 13.8 Å². The van der Waals surface area contributed by atoms with Crippen LogP contribution in [0.25, 0.3) is 0 Å². The summed E-state index contributed by atoms with van der Waals surface area (Å²) in [5.41, 5.74) is 0.381. The van der Waals surface area contributed by atoms with Crippen molar-refractivity contribution in [1.82, 2.24) is 9.78 Å². The summed E-state index contributed by atoms with van der Waals surface area (Å²) in [4.78, 5) is 41.2. The topological polar surface area (TPSA) is 163 Å². The van der Waals surface area contributed by atoms with E-state index in [1.54, 1.807) is 0 Å². The van der Waals surface area contributed by atoms with Gasteiger partial charge < -0.3 is 24.1 Å². The molecule has 0 radical (unpaired) electrons. The van der Waals surface area contributed by atoms with Crippen LogP contribution in [-0.2, 0) is 11.1 Å². The highest BCUT2D eigenvalue weighted by Crippen LogP contribution is 2.47. The molecule has 13 heteroatoms. The fourth-order valence-electron chi connectivity index (χ4n) is 2.69. The number of benzene rings is 1. The number of hydrogen-bond acceptors (Lipinski definition) is 8. The standard InChI is InChI=1S/C17H22N3O9P/c1-10(2)5-13(21)12-8-16(20(22)23)19(18-12)9-11-6-14(27-3)17(15(7-11)28-4)29-30(24,25)26/h6-8,10H,5,9H2,1-4H3,(H2,24,25,26). The zero-order valence-electron chi connectivity index (χ0n) is 16.8. The van der Waals surface area contributed by atoms with Gasteiger partial charge in [0.05, 0.1) is 20.3 Å². The van der Waals surface area contributed by atoms with E-state index in [1.165, 1.54) is 26.4 Å². The van der Waals surface area contributed by atoms with Gasteiger partial charge in [0, 0.05) is 12.0 Å². The lowest BCUT2D eigenvalue weighted by Gasteiger charge is -2.15. The predicted octanol–water partition coefficient (Wildman–Crippen LogP) is 2.56. The van der Waals surface area contributed by atoms with Crippen LogP contribution in [0.1, 0.15) is 36.3 Å². The van der Waals surface area contributed by atoms with E-state index in [-0.39, 0.29) is 53.4 Å². The molecule has 0 atom stereocenters. The van der Waals surface area contributed by atoms with E-state index in [9.17, 15) is 19.5 Å². The molecule has 0 aliphatic rings. The Kier molecular flexibility index (Phi) is 7.19. The summed E-state index contributed by atoms with van der Waals surface area (Å²) in [6.07, 6.45) is 0.199. The number of rotatable bonds is 10. The maximum Gasteiger partial charge on any atom is 0.525 e. The van der Waals surface area contributed by atoms with Crippen molar-refractivity contribution in [3.63, 3.8) is 0 Å². The quantitative estimate of drug-likeness (QED) is 0.241. The minimum Gasteiger partial charge on any atom is -0.493 e. The second kappa shape index (κ2) is 9.24. The average molecular weight is 443 g/mol. The smallest absolute Gasteiger partial charge is 0.493 e. The van der Waals surface area contributed by atoms with Crippen LogP contribution < -0.4 is 14.0 Å². The molecule has 0 amide bonds. The number of nitrogens with zero attached hydrogens (tertiary/aromatic N) is 3. The van der Waals surface area contributed by atoms with E-state index in [4.69, 9.17) is 19.3 Å². The lowest BCUT2D eigenvalue weighted by molar-refractivity contribution is -0.392. The molecule has 0 spiro atoms. The number of carbonyl (C=O) groups is 1. The molecule has 0 saturated carbocycles. The van der Waals surface area contributed by atoms with Crippen molar-refractivity contribution < 1.29 is 38.1 Å². The number of methoxy groups -OCH3 is 2. The first kappa shape index (κ1) is 23.3. The van der Waals surface area contributed by atoms with Gasteiger partial charge in [0.25, 0.3) is 0 Å². The predicted molar refractivity (Wildman–Crippen MR) is 104 cm³/mol. The molecule has 0 aliphatic heterocycles. The van der Waals surface area contributed by atoms with Crippen LogP contribution in [0.3, 0.4) is 0 Å². The molecule has 2 rings (SSSR count). The molecule has 164 valence electrons. The van der Waals surface area contributed by atoms with Gasteiger partial charge in [-0.2, -0.15) is 0 Å². The number of carbonyl (C=O) groups excluding carboxylic acids is 1. The lowest BCUT2D eigenvalue weighted by Crippen LogP contribution is -2.09. The molecule has 0 bridgehead atoms. The van der Waals surface area contributed by atoms with Gasteiger partial charge in [0.15, 0.2) is 23.0 Å². The average Bonchev–Trinajstić information content (AvgIpc) is 3.05. The first-order valence-electron chi connectivity index (χ1n) is 8.70. The number of aromatic nitrogens is 2. The highest BCUT2D eigenvalue weighted by molar-refractivity contribution is 7.46. The van der Waals surface area contributed by atoms with Crippen LogP contribution in [0.5, 0.6) is 17.2 Å². The molecule has 0 saturated heterocycles. The molecule has 1 heterocycles. The van der Waals surface area contributed by atoms with E-state index < -0.39 is 12.7 Å². The number of hydrogen-bond donors (Lipinski definition) is 2. The van der Waals surface area contributed by atoms with Crippen molar-refractivity contribution in [3.8, 4) is 17.2 Å². The van der Waals surface area contributed by atoms with Crippen molar-refractivity contribution in [3.05, 3.63) is 39.6 Å². The van der Waals surface area contributed by atoms with Gasteiger partial charge in [-0.3, -0.25) is 14.6 Å². The summed E-state index contributed by atoms with van der Waals surface area (Å²) in [7, 11) is -2.39. The Bertz CT molecular complexity index is 971. The number of Topliss-reactive ketones (excluding diaryl/α,β-unsaturated/α-hetero) is 1. The van der Waals surface area contributed by atoms with Gasteiger partial charge >= 0.3 is 13.6 Å². The van der Waals surface area contributed by atoms with Crippen LogP contribution >= 0.6 is 7.82 Å². The monoisotopic (exact) mass is 443 g/mol. The second-order valence-corrected chi connectivity index (χ2v) is 7.90. The number of nitro groups is 1. The highest BCUT2D eigenvalue weighted by Gasteiger charge is 2.26. The van der Waals surface area contributed by atoms with Crippen LogP contribution in [-0.4, -0.2) is 44.5 Å². The number of ketones is 1. The van der Waals surface area contributed by atoms with Gasteiger partial charge in [-0.15, -0.1) is 4.68 Å². The van der Waals surface area contributed by atoms with Crippen LogP contribution in [0.15, 0.2) is 18.2 Å². The minimum atomic E-state index is -4.89. The third-order valence-corrected chi connectivity index (χ3v) is 4.31. The molecule has 0 unspecified atom stereocenters. The van der Waals surface area contributed by atoms with Crippen LogP contribution in [0.4, 0.5) is 5.82 Å². The zero-order chi connectivity index (χ0) is 22.6. The van der Waals surface area contributed by atoms with Crippen molar-refractivity contribution >= 4 is 19.4 Å². The largest absolute Gasteiger partial charge is 0.525 e. The van der Waals surface area contributed by atoms with Gasteiger partial charge in [-0.05, 0) is 23.0 Å². The lowest BCUT2D eigenvalue weighted by atomic mass is 10.1. The highest BCUT2D eigenvalue weighted by atomic mass is 31.2. The van der Waals surface area contributed by atoms with Crippen molar-refractivity contribution in [2.45, 2.75) is 26.8 Å². The molecule has 0 fully saturated rings. The van der Waals surface area contributed by atoms with E-state index in [2.05, 4.69) is 9.62 Å². The molecule has 30 heavy (non-hydrogen) atoms. The summed E-state index contributed by atoms with van der Waals surface area (Å²) in [5.74, 6) is -1.06. The van der Waals surface area contributed by atoms with E-state index in [0.29, 0.717) is 5.56 Å². The Labute approximate surface area is 171 Å². The molecule has 2 aromatic rings. The van der Waals surface area contributed by atoms with Crippen molar-refractivity contribution in [1.29, 1.82) is 0 Å². The van der Waals surface area contributed by atoms with Gasteiger partial charge in [0.1, 0.15) is 6.54 Å². The third kappa shape index (κ3) is 5.78. The van der Waals surface area contributed by atoms with E-state index >= 15 is 0 Å². The fourth-order valence-corrected chi connectivity index (χ4v) is 3.11. The number of ether oxygens (including phenoxy) is 2. The Morgan fingerprint density at radius 1 is 1.23 bits per heavy atom. The Morgan fingerprint density at radius 2 is 1.80 bits per heavy atom. The minimum absolute atomic E-state index is 0.0178. The first-order chi connectivity index (χ1) is 13.9. The molecular formula is C17H22N3O9P. The second-order valence-electron chi connectivity index (χ2n) is 6.74. The maximum atomic E-state index is 12.2. The molecular weight excluding hydrogens is 421 g/mol. The summed E-state index contributed by atoms with van der Waals surface area (Å²) >= 11 is 0. The van der Waals surface area contributed by atoms with Crippen LogP contribution in [0.2, 0.25) is 0 Å². The molecule has 0 aliphatic carbocycles. The number of phosphoric acid groups is 1. The normalized spacial score (nSPS) is 11.4. The van der Waals surface area contributed by atoms with Crippen LogP contribution in [0, 0.1) is 16.0 Å². The summed E-state index contributed by atoms with van der Waals surface area (Å²) in [6, 6.07) is 3.85. The van der Waals surface area contributed by atoms with Gasteiger partial charge in [-0.25, -0.2) is 4.57 Å². The zero-order valence-corrected chi connectivity index (χ0v) is 17.7. The van der Waals surface area contributed by atoms with Gasteiger partial charge in [0.2, 0.25) is 5.75 Å². The fraction of sp³-hybridized carbons (Fsp3) is 0.412. The van der Waals surface area contributed by atoms with Gasteiger partial charge in [-0.1, -0.05) is 18.9 Å². The third-order valence-electron chi connectivity index (χ3n) is 3.89. The summed E-state index contributed by atoms with van der Waals surface area (Å²) in [6.45, 7) is 3.57. The molecule has 1 aromatic heterocycles. The molecule has 2 N–H and O–H groups in total.